The van der Waals surface area contributed by atoms with Crippen LogP contribution < -0.4 is 15.2 Å². The van der Waals surface area contributed by atoms with Gasteiger partial charge in [0.2, 0.25) is 0 Å². The number of ether oxygens (including phenoxy) is 2. The van der Waals surface area contributed by atoms with Crippen LogP contribution >= 0.6 is 0 Å². The lowest BCUT2D eigenvalue weighted by Gasteiger charge is -2.18. The van der Waals surface area contributed by atoms with Crippen LogP contribution in [0.5, 0.6) is 11.5 Å². The lowest BCUT2D eigenvalue weighted by molar-refractivity contribution is 0.195. The van der Waals surface area contributed by atoms with E-state index in [-0.39, 0.29) is 12.1 Å². The largest absolute Gasteiger partial charge is 0.494 e. The molecule has 84 valence electrons. The molecule has 2 N–H and O–H groups in total. The van der Waals surface area contributed by atoms with Crippen molar-refractivity contribution in [2.75, 3.05) is 6.61 Å². The molecule has 3 heteroatoms. The third kappa shape index (κ3) is 3.80. The summed E-state index contributed by atoms with van der Waals surface area (Å²) in [7, 11) is 0. The van der Waals surface area contributed by atoms with Crippen LogP contribution in [0.25, 0.3) is 0 Å². The van der Waals surface area contributed by atoms with Crippen molar-refractivity contribution in [3.8, 4) is 11.5 Å². The molecular formula is C12H19NO2. The first-order valence-corrected chi connectivity index (χ1v) is 5.28. The molecule has 0 aliphatic rings. The lowest BCUT2D eigenvalue weighted by atomic mass is 10.2. The minimum atomic E-state index is 0.00174. The molecule has 0 aromatic heterocycles. The molecule has 1 rings (SSSR count). The molecule has 2 atom stereocenters. The summed E-state index contributed by atoms with van der Waals surface area (Å²) in [5, 5.41) is 0. The number of rotatable bonds is 5. The fourth-order valence-electron chi connectivity index (χ4n) is 1.13. The molecule has 0 bridgehead atoms. The Morgan fingerprint density at radius 2 is 1.93 bits per heavy atom. The second-order valence-electron chi connectivity index (χ2n) is 3.59. The third-order valence-electron chi connectivity index (χ3n) is 2.18. The van der Waals surface area contributed by atoms with Crippen molar-refractivity contribution < 1.29 is 9.47 Å². The maximum atomic E-state index is 5.72. The Morgan fingerprint density at radius 1 is 1.27 bits per heavy atom. The van der Waals surface area contributed by atoms with Crippen molar-refractivity contribution in [3.05, 3.63) is 24.3 Å². The first-order chi connectivity index (χ1) is 7.13. The van der Waals surface area contributed by atoms with Gasteiger partial charge in [0.1, 0.15) is 17.6 Å². The van der Waals surface area contributed by atoms with Crippen LogP contribution in [0.15, 0.2) is 24.3 Å². The van der Waals surface area contributed by atoms with Crippen LogP contribution in [0, 0.1) is 0 Å². The molecule has 0 aliphatic carbocycles. The van der Waals surface area contributed by atoms with Gasteiger partial charge < -0.3 is 15.2 Å². The highest BCUT2D eigenvalue weighted by Gasteiger charge is 2.09. The van der Waals surface area contributed by atoms with E-state index >= 15 is 0 Å². The van der Waals surface area contributed by atoms with E-state index < -0.39 is 0 Å². The highest BCUT2D eigenvalue weighted by atomic mass is 16.5. The van der Waals surface area contributed by atoms with Crippen LogP contribution in [0.1, 0.15) is 20.8 Å². The molecule has 0 aliphatic heterocycles. The molecule has 0 heterocycles. The lowest BCUT2D eigenvalue weighted by Crippen LogP contribution is -2.33. The second kappa shape index (κ2) is 5.61. The molecular weight excluding hydrogens is 190 g/mol. The summed E-state index contributed by atoms with van der Waals surface area (Å²) in [4.78, 5) is 0. The van der Waals surface area contributed by atoms with E-state index in [0.717, 1.165) is 11.5 Å². The van der Waals surface area contributed by atoms with E-state index in [1.165, 1.54) is 0 Å². The zero-order valence-electron chi connectivity index (χ0n) is 9.57. The van der Waals surface area contributed by atoms with E-state index in [1.807, 2.05) is 45.0 Å². The molecule has 0 spiro atoms. The predicted molar refractivity (Wildman–Crippen MR) is 61.4 cm³/mol. The van der Waals surface area contributed by atoms with Gasteiger partial charge in [-0.25, -0.2) is 0 Å². The quantitative estimate of drug-likeness (QED) is 0.808. The highest BCUT2D eigenvalue weighted by molar-refractivity contribution is 5.33. The first kappa shape index (κ1) is 11.9. The molecule has 0 saturated heterocycles. The number of nitrogens with two attached hydrogens (primary N) is 1. The maximum Gasteiger partial charge on any atom is 0.123 e. The Morgan fingerprint density at radius 3 is 2.53 bits per heavy atom. The van der Waals surface area contributed by atoms with Crippen LogP contribution in [0.4, 0.5) is 0 Å². The summed E-state index contributed by atoms with van der Waals surface area (Å²) in [6, 6.07) is 7.62. The topological polar surface area (TPSA) is 44.5 Å². The van der Waals surface area contributed by atoms with E-state index in [0.29, 0.717) is 6.61 Å². The fraction of sp³-hybridized carbons (Fsp3) is 0.500. The van der Waals surface area contributed by atoms with Crippen LogP contribution in [-0.2, 0) is 0 Å². The first-order valence-electron chi connectivity index (χ1n) is 5.28. The molecule has 0 saturated carbocycles. The van der Waals surface area contributed by atoms with Gasteiger partial charge in [-0.05, 0) is 32.9 Å². The normalized spacial score (nSPS) is 14.4. The molecule has 1 aromatic rings. The molecule has 15 heavy (non-hydrogen) atoms. The van der Waals surface area contributed by atoms with Crippen molar-refractivity contribution in [2.45, 2.75) is 32.9 Å². The van der Waals surface area contributed by atoms with Gasteiger partial charge in [-0.1, -0.05) is 6.07 Å². The van der Waals surface area contributed by atoms with Crippen molar-refractivity contribution in [2.24, 2.45) is 5.73 Å². The van der Waals surface area contributed by atoms with Crippen LogP contribution in [0.3, 0.4) is 0 Å². The average molecular weight is 209 g/mol. The van der Waals surface area contributed by atoms with E-state index in [4.69, 9.17) is 15.2 Å². The van der Waals surface area contributed by atoms with Crippen molar-refractivity contribution in [1.82, 2.24) is 0 Å². The highest BCUT2D eigenvalue weighted by Crippen LogP contribution is 2.20. The van der Waals surface area contributed by atoms with Crippen LogP contribution in [0.2, 0.25) is 0 Å². The molecule has 1 unspecified atom stereocenters. The van der Waals surface area contributed by atoms with E-state index in [2.05, 4.69) is 0 Å². The summed E-state index contributed by atoms with van der Waals surface area (Å²) in [6.07, 6.45) is 0.00174. The van der Waals surface area contributed by atoms with Crippen molar-refractivity contribution >= 4 is 0 Å². The summed E-state index contributed by atoms with van der Waals surface area (Å²) in [5.41, 5.74) is 5.72. The maximum absolute atomic E-state index is 5.72. The van der Waals surface area contributed by atoms with Gasteiger partial charge in [0.15, 0.2) is 0 Å². The zero-order chi connectivity index (χ0) is 11.3. The van der Waals surface area contributed by atoms with Gasteiger partial charge >= 0.3 is 0 Å². The molecule has 3 nitrogen and oxygen atoms in total. The molecule has 0 fully saturated rings. The Bertz CT molecular complexity index is 299. The van der Waals surface area contributed by atoms with Gasteiger partial charge in [0.05, 0.1) is 6.61 Å². The minimum absolute atomic E-state index is 0.00174. The van der Waals surface area contributed by atoms with Crippen molar-refractivity contribution in [1.29, 1.82) is 0 Å². The van der Waals surface area contributed by atoms with Gasteiger partial charge in [-0.3, -0.25) is 0 Å². The predicted octanol–water partition coefficient (Wildman–Crippen LogP) is 2.20. The summed E-state index contributed by atoms with van der Waals surface area (Å²) >= 11 is 0. The number of benzene rings is 1. The summed E-state index contributed by atoms with van der Waals surface area (Å²) in [6.45, 7) is 6.50. The van der Waals surface area contributed by atoms with E-state index in [1.54, 1.807) is 0 Å². The van der Waals surface area contributed by atoms with Crippen molar-refractivity contribution in [3.63, 3.8) is 0 Å². The Kier molecular flexibility index (Phi) is 4.43. The smallest absolute Gasteiger partial charge is 0.123 e. The molecule has 0 amide bonds. The zero-order valence-corrected chi connectivity index (χ0v) is 9.57. The van der Waals surface area contributed by atoms with Crippen LogP contribution in [-0.4, -0.2) is 18.8 Å². The average Bonchev–Trinajstić information content (AvgIpc) is 2.18. The van der Waals surface area contributed by atoms with E-state index in [9.17, 15) is 0 Å². The van der Waals surface area contributed by atoms with Gasteiger partial charge in [0.25, 0.3) is 0 Å². The van der Waals surface area contributed by atoms with Gasteiger partial charge in [0, 0.05) is 12.1 Å². The number of hydrogen-bond acceptors (Lipinski definition) is 3. The number of hydrogen-bond donors (Lipinski definition) is 1. The minimum Gasteiger partial charge on any atom is -0.494 e. The molecule has 1 aromatic carbocycles. The van der Waals surface area contributed by atoms with Gasteiger partial charge in [-0.15, -0.1) is 0 Å². The standard InChI is InChI=1S/C12H19NO2/c1-4-14-11-6-5-7-12(8-11)15-10(3)9(2)13/h5-10H,4,13H2,1-3H3/t9-,10?/m1/s1. The Balaban J connectivity index is 2.64. The molecule has 0 radical (unpaired) electrons. The monoisotopic (exact) mass is 209 g/mol. The Hall–Kier alpha value is -1.22. The summed E-state index contributed by atoms with van der Waals surface area (Å²) < 4.78 is 11.0. The SMILES string of the molecule is CCOc1cccc(OC(C)[C@@H](C)N)c1. The Labute approximate surface area is 91.2 Å². The third-order valence-corrected chi connectivity index (χ3v) is 2.18. The second-order valence-corrected chi connectivity index (χ2v) is 3.59. The fourth-order valence-corrected chi connectivity index (χ4v) is 1.13. The van der Waals surface area contributed by atoms with Gasteiger partial charge in [-0.2, -0.15) is 0 Å². The summed E-state index contributed by atoms with van der Waals surface area (Å²) in [5.74, 6) is 1.62.